The summed E-state index contributed by atoms with van der Waals surface area (Å²) in [6, 6.07) is 10.4. The highest BCUT2D eigenvalue weighted by molar-refractivity contribution is 5.26. The number of benzene rings is 1. The predicted octanol–water partition coefficient (Wildman–Crippen LogP) is 3.94. The van der Waals surface area contributed by atoms with Crippen molar-refractivity contribution in [3.8, 4) is 0 Å². The monoisotopic (exact) mass is 274 g/mol. The molecule has 1 aromatic carbocycles. The van der Waals surface area contributed by atoms with E-state index in [0.29, 0.717) is 12.0 Å². The van der Waals surface area contributed by atoms with Gasteiger partial charge in [-0.2, -0.15) is 0 Å². The molecule has 20 heavy (non-hydrogen) atoms. The first-order valence-electron chi connectivity index (χ1n) is 8.19. The Morgan fingerprint density at radius 2 is 1.70 bits per heavy atom. The van der Waals surface area contributed by atoms with Gasteiger partial charge in [0, 0.05) is 25.2 Å². The van der Waals surface area contributed by atoms with Crippen LogP contribution < -0.4 is 5.32 Å². The van der Waals surface area contributed by atoms with Gasteiger partial charge in [0.1, 0.15) is 0 Å². The van der Waals surface area contributed by atoms with E-state index in [2.05, 4.69) is 62.2 Å². The molecule has 0 radical (unpaired) electrons. The fourth-order valence-electron chi connectivity index (χ4n) is 2.75. The molecule has 1 atom stereocenters. The minimum Gasteiger partial charge on any atom is -0.309 e. The predicted molar refractivity (Wildman–Crippen MR) is 87.2 cm³/mol. The lowest BCUT2D eigenvalue weighted by atomic mass is 9.99. The molecular weight excluding hydrogens is 244 g/mol. The van der Waals surface area contributed by atoms with E-state index >= 15 is 0 Å². The second-order valence-electron chi connectivity index (χ2n) is 6.36. The van der Waals surface area contributed by atoms with Crippen molar-refractivity contribution in [1.82, 2.24) is 10.2 Å². The molecule has 1 aliphatic rings. The van der Waals surface area contributed by atoms with Crippen molar-refractivity contribution >= 4 is 0 Å². The molecule has 0 aromatic heterocycles. The van der Waals surface area contributed by atoms with Gasteiger partial charge in [-0.25, -0.2) is 0 Å². The van der Waals surface area contributed by atoms with E-state index in [-0.39, 0.29) is 0 Å². The Morgan fingerprint density at radius 1 is 1.10 bits per heavy atom. The average molecular weight is 274 g/mol. The minimum absolute atomic E-state index is 0.439. The fraction of sp³-hybridized carbons (Fsp3) is 0.667. The Kier molecular flexibility index (Phi) is 5.62. The van der Waals surface area contributed by atoms with Crippen LogP contribution in [0.25, 0.3) is 0 Å². The van der Waals surface area contributed by atoms with Gasteiger partial charge in [0.25, 0.3) is 0 Å². The van der Waals surface area contributed by atoms with Gasteiger partial charge in [-0.1, -0.05) is 45.0 Å². The van der Waals surface area contributed by atoms with E-state index in [1.165, 1.54) is 37.1 Å². The van der Waals surface area contributed by atoms with Crippen LogP contribution in [0, 0.1) is 0 Å². The zero-order valence-electron chi connectivity index (χ0n) is 13.5. The number of nitrogens with zero attached hydrogens (tertiary/aromatic N) is 1. The van der Waals surface area contributed by atoms with Gasteiger partial charge >= 0.3 is 0 Å². The smallest absolute Gasteiger partial charge is 0.0292 e. The molecule has 2 heteroatoms. The summed E-state index contributed by atoms with van der Waals surface area (Å²) in [5.41, 5.74) is 2.82. The van der Waals surface area contributed by atoms with Crippen LogP contribution in [0.4, 0.5) is 0 Å². The second-order valence-corrected chi connectivity index (χ2v) is 6.36. The first-order chi connectivity index (χ1) is 9.61. The molecule has 112 valence electrons. The maximum absolute atomic E-state index is 3.65. The summed E-state index contributed by atoms with van der Waals surface area (Å²) in [7, 11) is 0. The first-order valence-corrected chi connectivity index (χ1v) is 8.19. The van der Waals surface area contributed by atoms with Gasteiger partial charge < -0.3 is 5.32 Å². The van der Waals surface area contributed by atoms with Crippen LogP contribution in [0.2, 0.25) is 0 Å². The van der Waals surface area contributed by atoms with Gasteiger partial charge in [0.2, 0.25) is 0 Å². The molecule has 2 nitrogen and oxygen atoms in total. The lowest BCUT2D eigenvalue weighted by Crippen LogP contribution is -2.34. The Morgan fingerprint density at radius 3 is 2.20 bits per heavy atom. The molecule has 0 saturated heterocycles. The van der Waals surface area contributed by atoms with E-state index in [0.717, 1.165) is 12.6 Å². The fourth-order valence-corrected chi connectivity index (χ4v) is 2.75. The third kappa shape index (κ3) is 4.32. The van der Waals surface area contributed by atoms with Crippen LogP contribution >= 0.6 is 0 Å². The summed E-state index contributed by atoms with van der Waals surface area (Å²) in [5.74, 6) is 0.615. The molecular formula is C18H30N2. The number of hydrogen-bond donors (Lipinski definition) is 1. The summed E-state index contributed by atoms with van der Waals surface area (Å²) < 4.78 is 0. The van der Waals surface area contributed by atoms with Gasteiger partial charge in [0.15, 0.2) is 0 Å². The van der Waals surface area contributed by atoms with E-state index in [1.807, 2.05) is 0 Å². The zero-order chi connectivity index (χ0) is 14.5. The highest BCUT2D eigenvalue weighted by Crippen LogP contribution is 2.26. The van der Waals surface area contributed by atoms with E-state index < -0.39 is 0 Å². The van der Waals surface area contributed by atoms with Crippen LogP contribution in [-0.4, -0.2) is 30.6 Å². The van der Waals surface area contributed by atoms with Crippen LogP contribution in [-0.2, 0) is 0 Å². The Labute approximate surface area is 124 Å². The first kappa shape index (κ1) is 15.5. The number of likely N-dealkylation sites (N-methyl/N-ethyl adjacent to an activating group) is 1. The summed E-state index contributed by atoms with van der Waals surface area (Å²) in [4.78, 5) is 2.60. The maximum atomic E-state index is 3.65. The lowest BCUT2D eigenvalue weighted by molar-refractivity contribution is 0.273. The van der Waals surface area contributed by atoms with Gasteiger partial charge in [-0.05, 0) is 43.4 Å². The van der Waals surface area contributed by atoms with E-state index in [9.17, 15) is 0 Å². The van der Waals surface area contributed by atoms with Crippen molar-refractivity contribution in [2.75, 3.05) is 19.6 Å². The normalized spacial score (nSPS) is 16.9. The molecule has 0 amide bonds. The largest absolute Gasteiger partial charge is 0.309 e. The van der Waals surface area contributed by atoms with Crippen LogP contribution in [0.5, 0.6) is 0 Å². The van der Waals surface area contributed by atoms with Gasteiger partial charge in [-0.3, -0.25) is 4.90 Å². The summed E-state index contributed by atoms with van der Waals surface area (Å²) in [6.07, 6.45) is 2.81. The van der Waals surface area contributed by atoms with Crippen LogP contribution in [0.3, 0.4) is 0 Å². The van der Waals surface area contributed by atoms with Crippen molar-refractivity contribution < 1.29 is 0 Å². The molecule has 0 spiro atoms. The molecule has 1 aromatic rings. The van der Waals surface area contributed by atoms with Crippen molar-refractivity contribution in [3.05, 3.63) is 35.4 Å². The minimum atomic E-state index is 0.439. The van der Waals surface area contributed by atoms with Gasteiger partial charge in [-0.15, -0.1) is 0 Å². The maximum Gasteiger partial charge on any atom is 0.0292 e. The summed E-state index contributed by atoms with van der Waals surface area (Å²) >= 11 is 0. The summed E-state index contributed by atoms with van der Waals surface area (Å²) in [6.45, 7) is 12.5. The molecule has 0 heterocycles. The SMILES string of the molecule is CCN(CCNC(C)c1ccc(C(C)C)cc1)C1CC1. The Bertz CT molecular complexity index is 392. The molecule has 1 saturated carbocycles. The van der Waals surface area contributed by atoms with Gasteiger partial charge in [0.05, 0.1) is 0 Å². The molecule has 1 unspecified atom stereocenters. The standard InChI is InChI=1S/C18H30N2/c1-5-20(18-10-11-18)13-12-19-15(4)17-8-6-16(7-9-17)14(2)3/h6-9,14-15,18-19H,5,10-13H2,1-4H3. The molecule has 1 fully saturated rings. The third-order valence-corrected chi connectivity index (χ3v) is 4.42. The average Bonchev–Trinajstić information content (AvgIpc) is 3.28. The van der Waals surface area contributed by atoms with E-state index in [4.69, 9.17) is 0 Å². The number of hydrogen-bond acceptors (Lipinski definition) is 2. The van der Waals surface area contributed by atoms with Crippen LogP contribution in [0.1, 0.15) is 63.6 Å². The second kappa shape index (κ2) is 7.24. The topological polar surface area (TPSA) is 15.3 Å². The van der Waals surface area contributed by atoms with Crippen molar-refractivity contribution in [1.29, 1.82) is 0 Å². The highest BCUT2D eigenvalue weighted by atomic mass is 15.2. The van der Waals surface area contributed by atoms with E-state index in [1.54, 1.807) is 0 Å². The van der Waals surface area contributed by atoms with Crippen molar-refractivity contribution in [3.63, 3.8) is 0 Å². The molecule has 2 rings (SSSR count). The van der Waals surface area contributed by atoms with Crippen LogP contribution in [0.15, 0.2) is 24.3 Å². The van der Waals surface area contributed by atoms with Crippen molar-refractivity contribution in [2.45, 2.75) is 58.5 Å². The molecule has 0 bridgehead atoms. The van der Waals surface area contributed by atoms with Crippen molar-refractivity contribution in [2.24, 2.45) is 0 Å². The summed E-state index contributed by atoms with van der Waals surface area (Å²) in [5, 5.41) is 3.65. The number of nitrogens with one attached hydrogen (secondary N) is 1. The lowest BCUT2D eigenvalue weighted by Gasteiger charge is -2.22. The zero-order valence-corrected chi connectivity index (χ0v) is 13.5. The Hall–Kier alpha value is -0.860. The molecule has 1 N–H and O–H groups in total. The molecule has 0 aliphatic heterocycles. The molecule has 1 aliphatic carbocycles. The quantitative estimate of drug-likeness (QED) is 0.772. The highest BCUT2D eigenvalue weighted by Gasteiger charge is 2.27. The third-order valence-electron chi connectivity index (χ3n) is 4.42. The Balaban J connectivity index is 1.77. The number of rotatable bonds is 8.